The second-order valence-electron chi connectivity index (χ2n) is 8.82. The fourth-order valence-electron chi connectivity index (χ4n) is 4.25. The van der Waals surface area contributed by atoms with Crippen LogP contribution < -0.4 is 4.90 Å². The molecule has 1 fully saturated rings. The number of halogens is 4. The van der Waals surface area contributed by atoms with E-state index in [9.17, 15) is 18.0 Å². The number of rotatable bonds is 3. The number of pyridine rings is 2. The zero-order chi connectivity index (χ0) is 24.8. The first-order chi connectivity index (χ1) is 16.0. The molecule has 3 aromatic rings. The Morgan fingerprint density at radius 2 is 1.88 bits per heavy atom. The van der Waals surface area contributed by atoms with E-state index in [-0.39, 0.29) is 16.8 Å². The number of anilines is 1. The minimum Gasteiger partial charge on any atom is -0.354 e. The van der Waals surface area contributed by atoms with E-state index < -0.39 is 11.7 Å². The van der Waals surface area contributed by atoms with E-state index in [1.165, 1.54) is 0 Å². The second kappa shape index (κ2) is 9.05. The number of nitrogens with zero attached hydrogens (tertiary/aromatic N) is 6. The van der Waals surface area contributed by atoms with Gasteiger partial charge < -0.3 is 9.80 Å². The smallest absolute Gasteiger partial charge is 0.354 e. The number of carbonyl (C=O) groups is 1. The largest absolute Gasteiger partial charge is 0.417 e. The van der Waals surface area contributed by atoms with Gasteiger partial charge in [-0.2, -0.15) is 18.3 Å². The van der Waals surface area contributed by atoms with E-state index in [4.69, 9.17) is 16.6 Å². The lowest BCUT2D eigenvalue weighted by Crippen LogP contribution is -2.35. The van der Waals surface area contributed by atoms with Gasteiger partial charge in [-0.25, -0.2) is 9.97 Å². The van der Waals surface area contributed by atoms with Gasteiger partial charge in [-0.3, -0.25) is 9.48 Å². The average molecular weight is 495 g/mol. The third-order valence-electron chi connectivity index (χ3n) is 6.04. The minimum absolute atomic E-state index is 0.0574. The summed E-state index contributed by atoms with van der Waals surface area (Å²) in [6.07, 6.45) is -3.09. The Balaban J connectivity index is 1.60. The summed E-state index contributed by atoms with van der Waals surface area (Å²) in [5.41, 5.74) is 1.90. The highest BCUT2D eigenvalue weighted by Crippen LogP contribution is 2.34. The van der Waals surface area contributed by atoms with Gasteiger partial charge in [0.15, 0.2) is 5.65 Å². The molecule has 4 rings (SSSR count). The summed E-state index contributed by atoms with van der Waals surface area (Å²) >= 11 is 6.15. The molecule has 7 nitrogen and oxygen atoms in total. The summed E-state index contributed by atoms with van der Waals surface area (Å²) < 4.78 is 40.6. The van der Waals surface area contributed by atoms with Crippen LogP contribution in [0.15, 0.2) is 18.3 Å². The Bertz CT molecular complexity index is 1240. The van der Waals surface area contributed by atoms with Crippen LogP contribution in [-0.4, -0.2) is 56.7 Å². The lowest BCUT2D eigenvalue weighted by atomic mass is 10.0. The highest BCUT2D eigenvalue weighted by atomic mass is 35.5. The van der Waals surface area contributed by atoms with Gasteiger partial charge in [0.1, 0.15) is 5.82 Å². The van der Waals surface area contributed by atoms with E-state index >= 15 is 0 Å². The molecule has 34 heavy (non-hydrogen) atoms. The van der Waals surface area contributed by atoms with Crippen LogP contribution in [-0.2, 0) is 13.2 Å². The first-order valence-electron chi connectivity index (χ1n) is 11.1. The van der Waals surface area contributed by atoms with Crippen molar-refractivity contribution < 1.29 is 18.0 Å². The van der Waals surface area contributed by atoms with Crippen molar-refractivity contribution in [1.29, 1.82) is 0 Å². The van der Waals surface area contributed by atoms with E-state index in [2.05, 4.69) is 10.1 Å². The third-order valence-corrected chi connectivity index (χ3v) is 6.32. The summed E-state index contributed by atoms with van der Waals surface area (Å²) in [5.74, 6) is 0.317. The minimum atomic E-state index is -4.51. The first kappa shape index (κ1) is 24.3. The van der Waals surface area contributed by atoms with Crippen LogP contribution in [0.5, 0.6) is 0 Å². The van der Waals surface area contributed by atoms with E-state index in [1.54, 1.807) is 9.58 Å². The van der Waals surface area contributed by atoms with Crippen LogP contribution in [0.25, 0.3) is 11.0 Å². The Hall–Kier alpha value is -2.88. The number of hydrogen-bond donors (Lipinski definition) is 0. The molecule has 1 aliphatic heterocycles. The summed E-state index contributed by atoms with van der Waals surface area (Å²) in [6.45, 7) is 7.73. The molecule has 0 atom stereocenters. The number of alkyl halides is 3. The molecule has 0 aromatic carbocycles. The molecule has 3 aromatic heterocycles. The molecule has 0 bridgehead atoms. The second-order valence-corrected chi connectivity index (χ2v) is 9.22. The molecule has 4 heterocycles. The van der Waals surface area contributed by atoms with E-state index in [0.29, 0.717) is 49.6 Å². The van der Waals surface area contributed by atoms with Crippen molar-refractivity contribution in [2.45, 2.75) is 39.3 Å². The van der Waals surface area contributed by atoms with Crippen LogP contribution in [0.1, 0.15) is 53.5 Å². The standard InChI is InChI=1S/C23H26ClF3N6O/c1-13(2)18-11-16(19-14(3)30-31(4)21(19)29-18)22(34)33-7-5-6-32(8-9-33)20-17(24)10-15(12-28-20)23(25,26)27/h10-13H,5-9H2,1-4H3. The molecule has 0 aliphatic carbocycles. The van der Waals surface area contributed by atoms with Gasteiger partial charge in [0, 0.05) is 45.1 Å². The van der Waals surface area contributed by atoms with Crippen LogP contribution in [0.3, 0.4) is 0 Å². The third kappa shape index (κ3) is 4.55. The predicted molar refractivity (Wildman–Crippen MR) is 124 cm³/mol. The maximum atomic E-state index is 13.6. The van der Waals surface area contributed by atoms with Crippen molar-refractivity contribution >= 4 is 34.4 Å². The number of aryl methyl sites for hydroxylation is 2. The molecule has 0 unspecified atom stereocenters. The topological polar surface area (TPSA) is 67.2 Å². The van der Waals surface area contributed by atoms with Crippen LogP contribution in [0, 0.1) is 6.92 Å². The molecular formula is C23H26ClF3N6O. The highest BCUT2D eigenvalue weighted by Gasteiger charge is 2.32. The summed E-state index contributed by atoms with van der Waals surface area (Å²) in [6, 6.07) is 2.74. The fourth-order valence-corrected chi connectivity index (χ4v) is 4.54. The highest BCUT2D eigenvalue weighted by molar-refractivity contribution is 6.33. The SMILES string of the molecule is Cc1nn(C)c2nc(C(C)C)cc(C(=O)N3CCCN(c4ncc(C(F)(F)F)cc4Cl)CC3)c12. The van der Waals surface area contributed by atoms with Gasteiger partial charge in [0.25, 0.3) is 5.91 Å². The summed E-state index contributed by atoms with van der Waals surface area (Å²) in [7, 11) is 1.81. The van der Waals surface area contributed by atoms with Gasteiger partial charge in [0.05, 0.1) is 27.2 Å². The van der Waals surface area contributed by atoms with Crippen LogP contribution in [0.4, 0.5) is 19.0 Å². The molecule has 1 amide bonds. The van der Waals surface area contributed by atoms with E-state index in [1.807, 2.05) is 38.8 Å². The zero-order valence-corrected chi connectivity index (χ0v) is 20.2. The zero-order valence-electron chi connectivity index (χ0n) is 19.4. The number of amides is 1. The molecule has 0 N–H and O–H groups in total. The molecule has 0 spiro atoms. The molecule has 1 aliphatic rings. The lowest BCUT2D eigenvalue weighted by molar-refractivity contribution is -0.137. The van der Waals surface area contributed by atoms with Crippen molar-refractivity contribution in [2.75, 3.05) is 31.1 Å². The molecule has 182 valence electrons. The Labute approximate surface area is 200 Å². The van der Waals surface area contributed by atoms with Gasteiger partial charge in [-0.15, -0.1) is 0 Å². The van der Waals surface area contributed by atoms with Gasteiger partial charge in [0.2, 0.25) is 0 Å². The quantitative estimate of drug-likeness (QED) is 0.522. The van der Waals surface area contributed by atoms with Gasteiger partial charge in [-0.05, 0) is 31.4 Å². The maximum absolute atomic E-state index is 13.6. The van der Waals surface area contributed by atoms with Crippen LogP contribution in [0.2, 0.25) is 5.02 Å². The Morgan fingerprint density at radius 1 is 1.15 bits per heavy atom. The van der Waals surface area contributed by atoms with Crippen molar-refractivity contribution in [1.82, 2.24) is 24.6 Å². The first-order valence-corrected chi connectivity index (χ1v) is 11.5. The van der Waals surface area contributed by atoms with Crippen molar-refractivity contribution in [2.24, 2.45) is 7.05 Å². The van der Waals surface area contributed by atoms with Crippen LogP contribution >= 0.6 is 11.6 Å². The molecule has 0 saturated carbocycles. The molecule has 11 heteroatoms. The van der Waals surface area contributed by atoms with E-state index in [0.717, 1.165) is 29.0 Å². The predicted octanol–water partition coefficient (Wildman–Crippen LogP) is 4.82. The summed E-state index contributed by atoms with van der Waals surface area (Å²) in [4.78, 5) is 25.9. The number of aromatic nitrogens is 4. The number of fused-ring (bicyclic) bond motifs is 1. The Kier molecular flexibility index (Phi) is 6.46. The van der Waals surface area contributed by atoms with Crippen molar-refractivity contribution in [3.63, 3.8) is 0 Å². The lowest BCUT2D eigenvalue weighted by Gasteiger charge is -2.24. The maximum Gasteiger partial charge on any atom is 0.417 e. The monoisotopic (exact) mass is 494 g/mol. The average Bonchev–Trinajstić information content (AvgIpc) is 2.93. The number of carbonyl (C=O) groups excluding carboxylic acids is 1. The Morgan fingerprint density at radius 3 is 2.53 bits per heavy atom. The van der Waals surface area contributed by atoms with Gasteiger partial charge >= 0.3 is 6.18 Å². The normalized spacial score (nSPS) is 15.3. The molecular weight excluding hydrogens is 469 g/mol. The molecule has 0 radical (unpaired) electrons. The summed E-state index contributed by atoms with van der Waals surface area (Å²) in [5, 5.41) is 5.14. The number of hydrogen-bond acceptors (Lipinski definition) is 5. The molecule has 1 saturated heterocycles. The fraction of sp³-hybridized carbons (Fsp3) is 0.478. The van der Waals surface area contributed by atoms with Gasteiger partial charge in [-0.1, -0.05) is 25.4 Å². The van der Waals surface area contributed by atoms with Crippen molar-refractivity contribution in [3.05, 3.63) is 45.9 Å². The van der Waals surface area contributed by atoms with Crippen molar-refractivity contribution in [3.8, 4) is 0 Å².